The summed E-state index contributed by atoms with van der Waals surface area (Å²) in [6.07, 6.45) is 1.18. The van der Waals surface area contributed by atoms with E-state index in [-0.39, 0.29) is 18.0 Å². The van der Waals surface area contributed by atoms with Crippen LogP contribution in [-0.2, 0) is 6.54 Å². The Morgan fingerprint density at radius 3 is 2.55 bits per heavy atom. The van der Waals surface area contributed by atoms with Gasteiger partial charge in [0.1, 0.15) is 0 Å². The van der Waals surface area contributed by atoms with Gasteiger partial charge in [0.25, 0.3) is 6.43 Å². The Balaban J connectivity index is 0.00000200. The number of piperidine rings is 1. The van der Waals surface area contributed by atoms with Crippen LogP contribution < -0.4 is 5.73 Å². The molecule has 1 heterocycles. The van der Waals surface area contributed by atoms with Gasteiger partial charge in [0.2, 0.25) is 0 Å². The molecule has 0 bridgehead atoms. The average Bonchev–Trinajstić information content (AvgIpc) is 2.40. The lowest BCUT2D eigenvalue weighted by atomic mass is 9.94. The highest BCUT2D eigenvalue weighted by molar-refractivity contribution is 5.85. The van der Waals surface area contributed by atoms with E-state index in [0.29, 0.717) is 5.92 Å². The van der Waals surface area contributed by atoms with E-state index in [1.807, 2.05) is 12.1 Å². The lowest BCUT2D eigenvalue weighted by molar-refractivity contribution is 0.151. The Hall–Kier alpha value is -0.710. The van der Waals surface area contributed by atoms with Crippen LogP contribution in [-0.4, -0.2) is 24.5 Å². The zero-order valence-electron chi connectivity index (χ0n) is 11.6. The van der Waals surface area contributed by atoms with Crippen molar-refractivity contribution in [3.8, 4) is 0 Å². The maximum Gasteiger partial charge on any atom is 0.263 e. The molecule has 2 N–H and O–H groups in total. The van der Waals surface area contributed by atoms with Gasteiger partial charge in [-0.05, 0) is 43.8 Å². The second kappa shape index (κ2) is 8.55. The van der Waals surface area contributed by atoms with Crippen LogP contribution >= 0.6 is 12.4 Å². The van der Waals surface area contributed by atoms with Crippen LogP contribution in [0.25, 0.3) is 0 Å². The maximum atomic E-state index is 12.5. The van der Waals surface area contributed by atoms with Gasteiger partial charge in [-0.25, -0.2) is 8.78 Å². The third-order valence-corrected chi connectivity index (χ3v) is 3.82. The molecule has 1 aromatic rings. The first-order valence-corrected chi connectivity index (χ1v) is 6.98. The number of hydrogen-bond donors (Lipinski definition) is 1. The normalized spacial score (nSPS) is 19.9. The second-order valence-electron chi connectivity index (χ2n) is 5.36. The summed E-state index contributed by atoms with van der Waals surface area (Å²) >= 11 is 0. The van der Waals surface area contributed by atoms with E-state index in [9.17, 15) is 8.78 Å². The van der Waals surface area contributed by atoms with E-state index in [2.05, 4.69) is 4.90 Å². The topological polar surface area (TPSA) is 29.3 Å². The van der Waals surface area contributed by atoms with Gasteiger partial charge in [-0.15, -0.1) is 12.4 Å². The van der Waals surface area contributed by atoms with Crippen molar-refractivity contribution >= 4 is 12.4 Å². The summed E-state index contributed by atoms with van der Waals surface area (Å²) in [6.45, 7) is 3.78. The van der Waals surface area contributed by atoms with Crippen LogP contribution in [0.15, 0.2) is 24.3 Å². The molecule has 5 heteroatoms. The smallest absolute Gasteiger partial charge is 0.263 e. The van der Waals surface area contributed by atoms with Crippen LogP contribution in [0.5, 0.6) is 0 Å². The molecule has 0 radical (unpaired) electrons. The zero-order valence-corrected chi connectivity index (χ0v) is 12.4. The van der Waals surface area contributed by atoms with Gasteiger partial charge in [-0.3, -0.25) is 4.90 Å². The number of hydrogen-bond acceptors (Lipinski definition) is 2. The summed E-state index contributed by atoms with van der Waals surface area (Å²) < 4.78 is 24.9. The molecule has 2 nitrogen and oxygen atoms in total. The van der Waals surface area contributed by atoms with Crippen molar-refractivity contribution in [2.75, 3.05) is 19.6 Å². The van der Waals surface area contributed by atoms with E-state index in [1.165, 1.54) is 25.0 Å². The monoisotopic (exact) mass is 304 g/mol. The maximum absolute atomic E-state index is 12.5. The fourth-order valence-electron chi connectivity index (χ4n) is 2.79. The van der Waals surface area contributed by atoms with Crippen molar-refractivity contribution in [2.45, 2.75) is 32.2 Å². The zero-order chi connectivity index (χ0) is 13.7. The van der Waals surface area contributed by atoms with Crippen molar-refractivity contribution in [1.82, 2.24) is 4.90 Å². The molecule has 1 aromatic carbocycles. The first kappa shape index (κ1) is 17.3. The molecule has 0 spiro atoms. The summed E-state index contributed by atoms with van der Waals surface area (Å²) in [5.74, 6) is 0.694. The van der Waals surface area contributed by atoms with E-state index in [1.54, 1.807) is 0 Å². The molecule has 1 aliphatic rings. The summed E-state index contributed by atoms with van der Waals surface area (Å²) in [5.41, 5.74) is 6.82. The number of halogens is 3. The molecule has 0 aliphatic carbocycles. The molecule has 1 unspecified atom stereocenters. The summed E-state index contributed by atoms with van der Waals surface area (Å²) in [7, 11) is 0. The van der Waals surface area contributed by atoms with Crippen molar-refractivity contribution < 1.29 is 8.78 Å². The summed E-state index contributed by atoms with van der Waals surface area (Å²) in [5, 5.41) is 0. The van der Waals surface area contributed by atoms with Gasteiger partial charge in [0.15, 0.2) is 0 Å². The van der Waals surface area contributed by atoms with Gasteiger partial charge in [0, 0.05) is 18.7 Å². The fraction of sp³-hybridized carbons (Fsp3) is 0.600. The summed E-state index contributed by atoms with van der Waals surface area (Å²) in [4.78, 5) is 2.40. The minimum atomic E-state index is -2.38. The predicted octanol–water partition coefficient (Wildman–Crippen LogP) is 3.61. The molecule has 0 aromatic heterocycles. The average molecular weight is 305 g/mol. The molecular formula is C15H23ClF2N2. The van der Waals surface area contributed by atoms with E-state index in [4.69, 9.17) is 5.73 Å². The van der Waals surface area contributed by atoms with Crippen molar-refractivity contribution in [3.05, 3.63) is 35.4 Å². The number of nitrogens with zero attached hydrogens (tertiary/aromatic N) is 1. The largest absolute Gasteiger partial charge is 0.330 e. The highest BCUT2D eigenvalue weighted by atomic mass is 35.5. The molecule has 0 amide bonds. The fourth-order valence-corrected chi connectivity index (χ4v) is 2.79. The van der Waals surface area contributed by atoms with Gasteiger partial charge in [0.05, 0.1) is 0 Å². The molecule has 1 saturated heterocycles. The molecule has 0 saturated carbocycles. The van der Waals surface area contributed by atoms with Crippen LogP contribution in [0, 0.1) is 5.92 Å². The first-order chi connectivity index (χ1) is 9.19. The van der Waals surface area contributed by atoms with E-state index >= 15 is 0 Å². The van der Waals surface area contributed by atoms with Crippen LogP contribution in [0.2, 0.25) is 0 Å². The molecule has 2 rings (SSSR count). The minimum absolute atomic E-state index is 0. The van der Waals surface area contributed by atoms with Gasteiger partial charge >= 0.3 is 0 Å². The number of rotatable bonds is 5. The Kier molecular flexibility index (Phi) is 7.41. The lowest BCUT2D eigenvalue weighted by Crippen LogP contribution is -2.35. The highest BCUT2D eigenvalue weighted by Crippen LogP contribution is 2.22. The van der Waals surface area contributed by atoms with Crippen LogP contribution in [0.3, 0.4) is 0 Å². The first-order valence-electron chi connectivity index (χ1n) is 6.98. The van der Waals surface area contributed by atoms with Crippen LogP contribution in [0.1, 0.15) is 36.8 Å². The van der Waals surface area contributed by atoms with Crippen LogP contribution in [0.4, 0.5) is 8.78 Å². The second-order valence-corrected chi connectivity index (χ2v) is 5.36. The Labute approximate surface area is 125 Å². The Bertz CT molecular complexity index is 382. The molecule has 1 atom stereocenters. The minimum Gasteiger partial charge on any atom is -0.330 e. The number of nitrogens with two attached hydrogens (primary N) is 1. The third kappa shape index (κ3) is 5.00. The Morgan fingerprint density at radius 1 is 1.25 bits per heavy atom. The summed E-state index contributed by atoms with van der Waals surface area (Å²) in [6, 6.07) is 6.69. The Morgan fingerprint density at radius 2 is 1.95 bits per heavy atom. The molecule has 20 heavy (non-hydrogen) atoms. The SMILES string of the molecule is Cl.NCCC1CCCN(Cc2ccc(C(F)F)cc2)C1. The lowest BCUT2D eigenvalue weighted by Gasteiger charge is -2.32. The number of alkyl halides is 2. The number of benzene rings is 1. The molecule has 114 valence electrons. The van der Waals surface area contributed by atoms with E-state index < -0.39 is 6.43 Å². The predicted molar refractivity (Wildman–Crippen MR) is 80.3 cm³/mol. The van der Waals surface area contributed by atoms with Crippen molar-refractivity contribution in [1.29, 1.82) is 0 Å². The van der Waals surface area contributed by atoms with Gasteiger partial charge in [-0.2, -0.15) is 0 Å². The molecule has 1 aliphatic heterocycles. The third-order valence-electron chi connectivity index (χ3n) is 3.82. The van der Waals surface area contributed by atoms with Crippen molar-refractivity contribution in [2.24, 2.45) is 11.7 Å². The van der Waals surface area contributed by atoms with Crippen molar-refractivity contribution in [3.63, 3.8) is 0 Å². The highest BCUT2D eigenvalue weighted by Gasteiger charge is 2.19. The van der Waals surface area contributed by atoms with Gasteiger partial charge in [-0.1, -0.05) is 24.3 Å². The number of likely N-dealkylation sites (tertiary alicyclic amines) is 1. The standard InChI is InChI=1S/C15H22F2N2.ClH/c16-15(17)14-5-3-13(4-6-14)11-19-9-1-2-12(10-19)7-8-18;/h3-6,12,15H,1-2,7-11,18H2;1H. The van der Waals surface area contributed by atoms with Gasteiger partial charge < -0.3 is 5.73 Å². The van der Waals surface area contributed by atoms with E-state index in [0.717, 1.165) is 38.2 Å². The molecular weight excluding hydrogens is 282 g/mol. The quantitative estimate of drug-likeness (QED) is 0.900. The molecule has 1 fully saturated rings.